The van der Waals surface area contributed by atoms with Gasteiger partial charge in [0, 0.05) is 44.0 Å². The van der Waals surface area contributed by atoms with E-state index in [9.17, 15) is 19.7 Å². The van der Waals surface area contributed by atoms with Gasteiger partial charge in [-0.25, -0.2) is 0 Å². The number of nitrogens with zero attached hydrogens (tertiary/aromatic N) is 3. The maximum absolute atomic E-state index is 12.5. The van der Waals surface area contributed by atoms with E-state index in [1.54, 1.807) is 0 Å². The predicted molar refractivity (Wildman–Crippen MR) is 111 cm³/mol. The summed E-state index contributed by atoms with van der Waals surface area (Å²) in [7, 11) is 0. The summed E-state index contributed by atoms with van der Waals surface area (Å²) in [4.78, 5) is 38.8. The van der Waals surface area contributed by atoms with Crippen molar-refractivity contribution in [2.24, 2.45) is 0 Å². The number of piperazine rings is 1. The predicted octanol–water partition coefficient (Wildman–Crippen LogP) is 3.15. The summed E-state index contributed by atoms with van der Waals surface area (Å²) in [6, 6.07) is 9.78. The number of benzene rings is 2. The minimum atomic E-state index is -0.868. The van der Waals surface area contributed by atoms with Gasteiger partial charge in [-0.1, -0.05) is 23.7 Å². The van der Waals surface area contributed by atoms with Crippen molar-refractivity contribution in [1.82, 2.24) is 4.90 Å². The molecular formula is C20H21ClN4O4. The van der Waals surface area contributed by atoms with E-state index in [2.05, 4.69) is 36.2 Å². The molecule has 0 aromatic heterocycles. The lowest BCUT2D eigenvalue weighted by Gasteiger charge is -2.36. The van der Waals surface area contributed by atoms with Crippen molar-refractivity contribution in [3.05, 3.63) is 62.7 Å². The van der Waals surface area contributed by atoms with Crippen LogP contribution in [0.5, 0.6) is 0 Å². The van der Waals surface area contributed by atoms with E-state index in [1.165, 1.54) is 28.2 Å². The maximum Gasteiger partial charge on any atom is 0.313 e. The van der Waals surface area contributed by atoms with Gasteiger partial charge in [-0.3, -0.25) is 19.7 Å². The molecule has 2 amide bonds. The van der Waals surface area contributed by atoms with E-state index in [0.717, 1.165) is 11.8 Å². The van der Waals surface area contributed by atoms with Gasteiger partial charge in [0.15, 0.2) is 0 Å². The lowest BCUT2D eigenvalue weighted by atomic mass is 10.1. The van der Waals surface area contributed by atoms with Crippen LogP contribution in [0.4, 0.5) is 17.1 Å². The molecule has 0 unspecified atom stereocenters. The third-order valence-electron chi connectivity index (χ3n) is 5.09. The van der Waals surface area contributed by atoms with Crippen LogP contribution >= 0.6 is 11.6 Å². The molecule has 9 heteroatoms. The fraction of sp³-hybridized carbons (Fsp3) is 0.300. The van der Waals surface area contributed by atoms with Crippen LogP contribution in [0.2, 0.25) is 5.02 Å². The van der Waals surface area contributed by atoms with Gasteiger partial charge in [0.1, 0.15) is 0 Å². The molecule has 0 bridgehead atoms. The number of nitro groups is 1. The van der Waals surface area contributed by atoms with Crippen LogP contribution < -0.4 is 10.2 Å². The number of carbonyl (C=O) groups excluding carboxylic acids is 2. The van der Waals surface area contributed by atoms with Crippen molar-refractivity contribution in [2.75, 3.05) is 36.4 Å². The molecule has 0 spiro atoms. The van der Waals surface area contributed by atoms with E-state index < -0.39 is 16.7 Å². The van der Waals surface area contributed by atoms with E-state index in [0.29, 0.717) is 26.2 Å². The number of nitro benzene ring substituents is 1. The van der Waals surface area contributed by atoms with Gasteiger partial charge < -0.3 is 15.1 Å². The molecule has 29 heavy (non-hydrogen) atoms. The first-order valence-electron chi connectivity index (χ1n) is 9.13. The van der Waals surface area contributed by atoms with Gasteiger partial charge in [0.05, 0.1) is 15.6 Å². The zero-order chi connectivity index (χ0) is 21.1. The molecule has 0 atom stereocenters. The number of non-ortho nitro benzene ring substituents is 1. The Hall–Kier alpha value is -3.13. The van der Waals surface area contributed by atoms with Crippen molar-refractivity contribution < 1.29 is 14.5 Å². The monoisotopic (exact) mass is 416 g/mol. The van der Waals surface area contributed by atoms with Crippen LogP contribution in [0.3, 0.4) is 0 Å². The summed E-state index contributed by atoms with van der Waals surface area (Å²) in [6.07, 6.45) is 0. The molecule has 0 saturated carbocycles. The van der Waals surface area contributed by atoms with Crippen LogP contribution in [0.15, 0.2) is 36.4 Å². The highest BCUT2D eigenvalue weighted by atomic mass is 35.5. The van der Waals surface area contributed by atoms with Gasteiger partial charge in [0.2, 0.25) is 0 Å². The number of carbonyl (C=O) groups is 2. The topological polar surface area (TPSA) is 95.8 Å². The Kier molecular flexibility index (Phi) is 6.03. The van der Waals surface area contributed by atoms with Crippen LogP contribution in [0, 0.1) is 24.0 Å². The summed E-state index contributed by atoms with van der Waals surface area (Å²) in [6.45, 7) is 6.16. The van der Waals surface area contributed by atoms with Crippen molar-refractivity contribution in [1.29, 1.82) is 0 Å². The van der Waals surface area contributed by atoms with Crippen LogP contribution in [-0.2, 0) is 9.59 Å². The average Bonchev–Trinajstić information content (AvgIpc) is 2.71. The Bertz CT molecular complexity index is 971. The Morgan fingerprint density at radius 2 is 1.79 bits per heavy atom. The SMILES string of the molecule is Cc1cccc(N2CCN(C(=O)C(=O)Nc3cc([N+](=O)[O-])ccc3Cl)CC2)c1C. The molecule has 1 heterocycles. The number of hydrogen-bond donors (Lipinski definition) is 1. The Balaban J connectivity index is 1.63. The molecule has 1 fully saturated rings. The van der Waals surface area contributed by atoms with Crippen molar-refractivity contribution in [2.45, 2.75) is 13.8 Å². The minimum absolute atomic E-state index is 0.0354. The highest BCUT2D eigenvalue weighted by molar-refractivity contribution is 6.41. The van der Waals surface area contributed by atoms with E-state index in [4.69, 9.17) is 11.6 Å². The first-order chi connectivity index (χ1) is 13.8. The first kappa shape index (κ1) is 20.6. The summed E-state index contributed by atoms with van der Waals surface area (Å²) in [5.41, 5.74) is 3.34. The van der Waals surface area contributed by atoms with Gasteiger partial charge >= 0.3 is 11.8 Å². The first-order valence-corrected chi connectivity index (χ1v) is 9.51. The second kappa shape index (κ2) is 8.48. The molecule has 1 aliphatic heterocycles. The Morgan fingerprint density at radius 3 is 2.45 bits per heavy atom. The van der Waals surface area contributed by atoms with Crippen LogP contribution in [0.25, 0.3) is 0 Å². The minimum Gasteiger partial charge on any atom is -0.368 e. The quantitative estimate of drug-likeness (QED) is 0.471. The van der Waals surface area contributed by atoms with E-state index in [1.807, 2.05) is 6.07 Å². The van der Waals surface area contributed by atoms with Crippen molar-refractivity contribution >= 4 is 40.5 Å². The van der Waals surface area contributed by atoms with Crippen LogP contribution in [-0.4, -0.2) is 47.8 Å². The third-order valence-corrected chi connectivity index (χ3v) is 5.42. The van der Waals surface area contributed by atoms with E-state index >= 15 is 0 Å². The lowest BCUT2D eigenvalue weighted by Crippen LogP contribution is -2.51. The zero-order valence-corrected chi connectivity index (χ0v) is 16.9. The summed E-state index contributed by atoms with van der Waals surface area (Å²) < 4.78 is 0. The number of nitrogens with one attached hydrogen (secondary N) is 1. The molecular weight excluding hydrogens is 396 g/mol. The molecule has 1 aliphatic rings. The fourth-order valence-corrected chi connectivity index (χ4v) is 3.44. The number of halogens is 1. The standard InChI is InChI=1S/C20H21ClN4O4/c1-13-4-3-5-18(14(13)2)23-8-10-24(11-9-23)20(27)19(26)22-17-12-15(25(28)29)6-7-16(17)21/h3-7,12H,8-11H2,1-2H3,(H,22,26). The van der Waals surface area contributed by atoms with Gasteiger partial charge in [-0.05, 0) is 37.1 Å². The second-order valence-electron chi connectivity index (χ2n) is 6.87. The smallest absolute Gasteiger partial charge is 0.313 e. The molecule has 1 N–H and O–H groups in total. The fourth-order valence-electron chi connectivity index (χ4n) is 3.27. The Labute approximate surface area is 173 Å². The second-order valence-corrected chi connectivity index (χ2v) is 7.28. The molecule has 2 aromatic carbocycles. The highest BCUT2D eigenvalue weighted by Crippen LogP contribution is 2.27. The van der Waals surface area contributed by atoms with Crippen LogP contribution in [0.1, 0.15) is 11.1 Å². The summed E-state index contributed by atoms with van der Waals surface area (Å²) >= 11 is 5.98. The number of anilines is 2. The molecule has 8 nitrogen and oxygen atoms in total. The van der Waals surface area contributed by atoms with E-state index in [-0.39, 0.29) is 16.4 Å². The molecule has 2 aromatic rings. The Morgan fingerprint density at radius 1 is 1.10 bits per heavy atom. The molecule has 1 saturated heterocycles. The largest absolute Gasteiger partial charge is 0.368 e. The van der Waals surface area contributed by atoms with Gasteiger partial charge in [-0.15, -0.1) is 0 Å². The zero-order valence-electron chi connectivity index (χ0n) is 16.1. The third kappa shape index (κ3) is 4.48. The normalized spacial score (nSPS) is 13.9. The molecule has 0 aliphatic carbocycles. The average molecular weight is 417 g/mol. The highest BCUT2D eigenvalue weighted by Gasteiger charge is 2.27. The maximum atomic E-state index is 12.5. The molecule has 3 rings (SSSR count). The van der Waals surface area contributed by atoms with Crippen molar-refractivity contribution in [3.8, 4) is 0 Å². The van der Waals surface area contributed by atoms with Crippen molar-refractivity contribution in [3.63, 3.8) is 0 Å². The number of hydrogen-bond acceptors (Lipinski definition) is 5. The number of amides is 2. The van der Waals surface area contributed by atoms with Gasteiger partial charge in [0.25, 0.3) is 5.69 Å². The number of rotatable bonds is 3. The number of aryl methyl sites for hydroxylation is 1. The molecule has 152 valence electrons. The van der Waals surface area contributed by atoms with Gasteiger partial charge in [-0.2, -0.15) is 0 Å². The summed E-state index contributed by atoms with van der Waals surface area (Å²) in [5.74, 6) is -1.55. The lowest BCUT2D eigenvalue weighted by molar-refractivity contribution is -0.384. The summed E-state index contributed by atoms with van der Waals surface area (Å²) in [5, 5.41) is 13.4. The molecule has 0 radical (unpaired) electrons.